The topological polar surface area (TPSA) is 61.8 Å². The summed E-state index contributed by atoms with van der Waals surface area (Å²) in [5.41, 5.74) is -2.37. The van der Waals surface area contributed by atoms with Gasteiger partial charge in [-0.25, -0.2) is 4.99 Å². The van der Waals surface area contributed by atoms with Crippen molar-refractivity contribution in [2.75, 3.05) is 0 Å². The van der Waals surface area contributed by atoms with E-state index in [0.717, 1.165) is 19.3 Å². The smallest absolute Gasteiger partial charge is 0.316 e. The van der Waals surface area contributed by atoms with Crippen molar-refractivity contribution >= 4 is 17.6 Å². The molecule has 2 aliphatic rings. The Kier molecular flexibility index (Phi) is 6.04. The van der Waals surface area contributed by atoms with E-state index >= 15 is 0 Å². The molecular weight excluding hydrogens is 419 g/mol. The highest BCUT2D eigenvalue weighted by Gasteiger charge is 2.67. The van der Waals surface area contributed by atoms with Crippen molar-refractivity contribution in [1.82, 2.24) is 10.2 Å². The number of amides is 2. The molecule has 32 heavy (non-hydrogen) atoms. The molecule has 0 saturated heterocycles. The minimum Gasteiger partial charge on any atom is -0.316 e. The van der Waals surface area contributed by atoms with E-state index in [1.54, 1.807) is 60.7 Å². The Hall–Kier alpha value is -3.16. The average molecular weight is 443 g/mol. The van der Waals surface area contributed by atoms with Crippen LogP contribution >= 0.6 is 0 Å². The van der Waals surface area contributed by atoms with Crippen molar-refractivity contribution in [3.8, 4) is 0 Å². The number of alkyl halides is 3. The van der Waals surface area contributed by atoms with Crippen LogP contribution in [-0.2, 0) is 16.0 Å². The zero-order valence-electron chi connectivity index (χ0n) is 17.4. The van der Waals surface area contributed by atoms with Gasteiger partial charge in [0, 0.05) is 11.6 Å². The predicted octanol–water partition coefficient (Wildman–Crippen LogP) is 4.23. The number of nitrogens with one attached hydrogen (secondary N) is 1. The fraction of sp³-hybridized carbons (Fsp3) is 0.375. The fourth-order valence-corrected chi connectivity index (χ4v) is 4.36. The second kappa shape index (κ2) is 8.76. The van der Waals surface area contributed by atoms with Gasteiger partial charge < -0.3 is 5.32 Å². The summed E-state index contributed by atoms with van der Waals surface area (Å²) in [4.78, 5) is 31.2. The highest BCUT2D eigenvalue weighted by Crippen LogP contribution is 2.40. The molecule has 0 radical (unpaired) electrons. The summed E-state index contributed by atoms with van der Waals surface area (Å²) in [6, 6.07) is 16.4. The maximum Gasteiger partial charge on any atom is 0.442 e. The standard InChI is InChI=1S/C24H24F3N3O2/c25-24(26,27)23(28-20(31)16-17-10-4-1-5-11-17)22(32)30(19-14-8-3-9-15-19)21(29-23)18-12-6-2-7-13-18/h1-2,4-7,10-13,19H,3,8-9,14-16H2,(H,28,31). The lowest BCUT2D eigenvalue weighted by Crippen LogP contribution is -2.64. The SMILES string of the molecule is O=C(Cc1ccccc1)NC1(C(F)(F)F)N=C(c2ccccc2)N(C2CCCCC2)C1=O. The summed E-state index contributed by atoms with van der Waals surface area (Å²) in [6.07, 6.45) is -1.54. The van der Waals surface area contributed by atoms with Gasteiger partial charge in [-0.1, -0.05) is 79.9 Å². The van der Waals surface area contributed by atoms with Gasteiger partial charge in [0.25, 0.3) is 5.91 Å². The van der Waals surface area contributed by atoms with Crippen LogP contribution < -0.4 is 5.32 Å². The number of halogens is 3. The number of rotatable bonds is 5. The number of aliphatic imine (C=N–C) groups is 1. The Morgan fingerprint density at radius 1 is 1.00 bits per heavy atom. The van der Waals surface area contributed by atoms with Crippen molar-refractivity contribution in [2.24, 2.45) is 4.99 Å². The van der Waals surface area contributed by atoms with E-state index in [2.05, 4.69) is 4.99 Å². The van der Waals surface area contributed by atoms with Gasteiger partial charge in [0.15, 0.2) is 0 Å². The van der Waals surface area contributed by atoms with Crippen LogP contribution in [0.4, 0.5) is 13.2 Å². The number of carbonyl (C=O) groups is 2. The summed E-state index contributed by atoms with van der Waals surface area (Å²) in [5.74, 6) is -2.19. The van der Waals surface area contributed by atoms with E-state index in [1.807, 2.05) is 5.32 Å². The van der Waals surface area contributed by atoms with Gasteiger partial charge in [-0.3, -0.25) is 14.5 Å². The third-order valence-electron chi connectivity index (χ3n) is 5.94. The third-order valence-corrected chi connectivity index (χ3v) is 5.94. The molecule has 2 amide bonds. The van der Waals surface area contributed by atoms with Crippen molar-refractivity contribution in [3.05, 3.63) is 71.8 Å². The van der Waals surface area contributed by atoms with Crippen molar-refractivity contribution in [3.63, 3.8) is 0 Å². The molecule has 2 aromatic rings. The van der Waals surface area contributed by atoms with Gasteiger partial charge in [-0.2, -0.15) is 13.2 Å². The summed E-state index contributed by atoms with van der Waals surface area (Å²) >= 11 is 0. The molecular formula is C24H24F3N3O2. The van der Waals surface area contributed by atoms with Crippen LogP contribution in [-0.4, -0.2) is 40.4 Å². The van der Waals surface area contributed by atoms with E-state index in [4.69, 9.17) is 0 Å². The zero-order valence-corrected chi connectivity index (χ0v) is 17.4. The third kappa shape index (κ3) is 4.13. The molecule has 0 bridgehead atoms. The van der Waals surface area contributed by atoms with Gasteiger partial charge >= 0.3 is 11.8 Å². The van der Waals surface area contributed by atoms with Crippen LogP contribution in [0.3, 0.4) is 0 Å². The molecule has 4 rings (SSSR count). The van der Waals surface area contributed by atoms with Crippen LogP contribution in [0.2, 0.25) is 0 Å². The first-order valence-electron chi connectivity index (χ1n) is 10.7. The Labute approximate surface area is 184 Å². The molecule has 1 saturated carbocycles. The van der Waals surface area contributed by atoms with Crippen LogP contribution in [0.25, 0.3) is 0 Å². The monoisotopic (exact) mass is 443 g/mol. The van der Waals surface area contributed by atoms with Gasteiger partial charge in [-0.05, 0) is 18.4 Å². The molecule has 1 atom stereocenters. The molecule has 0 spiro atoms. The Morgan fingerprint density at radius 3 is 2.19 bits per heavy atom. The Bertz CT molecular complexity index is 1000. The second-order valence-electron chi connectivity index (χ2n) is 8.19. The van der Waals surface area contributed by atoms with E-state index < -0.39 is 23.7 Å². The number of benzene rings is 2. The maximum absolute atomic E-state index is 14.4. The van der Waals surface area contributed by atoms with Gasteiger partial charge in [0.05, 0.1) is 6.42 Å². The van der Waals surface area contributed by atoms with E-state index in [-0.39, 0.29) is 18.3 Å². The van der Waals surface area contributed by atoms with Crippen molar-refractivity contribution in [2.45, 2.75) is 56.4 Å². The number of hydrogen-bond acceptors (Lipinski definition) is 3. The second-order valence-corrected chi connectivity index (χ2v) is 8.19. The molecule has 1 fully saturated rings. The predicted molar refractivity (Wildman–Crippen MR) is 114 cm³/mol. The number of nitrogens with zero attached hydrogens (tertiary/aromatic N) is 2. The minimum atomic E-state index is -5.10. The highest BCUT2D eigenvalue weighted by atomic mass is 19.4. The van der Waals surface area contributed by atoms with Gasteiger partial charge in [0.1, 0.15) is 5.84 Å². The maximum atomic E-state index is 14.4. The first-order valence-corrected chi connectivity index (χ1v) is 10.7. The quantitative estimate of drug-likeness (QED) is 0.752. The molecule has 168 valence electrons. The highest BCUT2D eigenvalue weighted by molar-refractivity contribution is 6.16. The summed E-state index contributed by atoms with van der Waals surface area (Å²) in [7, 11) is 0. The Balaban J connectivity index is 1.74. The molecule has 1 aliphatic carbocycles. The molecule has 2 aromatic carbocycles. The minimum absolute atomic E-state index is 0.0418. The molecule has 5 nitrogen and oxygen atoms in total. The fourth-order valence-electron chi connectivity index (χ4n) is 4.36. The summed E-state index contributed by atoms with van der Waals surface area (Å²) < 4.78 is 43.3. The molecule has 1 unspecified atom stereocenters. The van der Waals surface area contributed by atoms with Crippen LogP contribution in [0.5, 0.6) is 0 Å². The lowest BCUT2D eigenvalue weighted by molar-refractivity contribution is -0.200. The lowest BCUT2D eigenvalue weighted by atomic mass is 9.93. The molecule has 0 aromatic heterocycles. The van der Waals surface area contributed by atoms with Crippen molar-refractivity contribution < 1.29 is 22.8 Å². The van der Waals surface area contributed by atoms with Crippen LogP contribution in [0.15, 0.2) is 65.7 Å². The molecule has 1 heterocycles. The van der Waals surface area contributed by atoms with Gasteiger partial charge in [0.2, 0.25) is 5.91 Å². The zero-order chi connectivity index (χ0) is 22.8. The first-order chi connectivity index (χ1) is 15.3. The van der Waals surface area contributed by atoms with Crippen molar-refractivity contribution in [1.29, 1.82) is 0 Å². The number of hydrogen-bond donors (Lipinski definition) is 1. The lowest BCUT2D eigenvalue weighted by Gasteiger charge is -2.34. The van der Waals surface area contributed by atoms with Gasteiger partial charge in [-0.15, -0.1) is 0 Å². The molecule has 1 aliphatic heterocycles. The van der Waals surface area contributed by atoms with Crippen LogP contribution in [0, 0.1) is 0 Å². The average Bonchev–Trinajstić information content (AvgIpc) is 3.09. The normalized spacial score (nSPS) is 22.0. The summed E-state index contributed by atoms with van der Waals surface area (Å²) in [5, 5.41) is 1.96. The first kappa shape index (κ1) is 22.0. The van der Waals surface area contributed by atoms with E-state index in [9.17, 15) is 22.8 Å². The van der Waals surface area contributed by atoms with E-state index in [1.165, 1.54) is 4.90 Å². The van der Waals surface area contributed by atoms with E-state index in [0.29, 0.717) is 24.0 Å². The summed E-state index contributed by atoms with van der Waals surface area (Å²) in [6.45, 7) is 0. The Morgan fingerprint density at radius 2 is 1.59 bits per heavy atom. The molecule has 1 N–H and O–H groups in total. The molecule has 8 heteroatoms. The number of carbonyl (C=O) groups excluding carboxylic acids is 2. The van der Waals surface area contributed by atoms with Crippen LogP contribution in [0.1, 0.15) is 43.2 Å². The largest absolute Gasteiger partial charge is 0.442 e. The number of amidine groups is 1.